The maximum absolute atomic E-state index is 12.7. The number of carbonyl (C=O) groups excluding carboxylic acids is 1. The minimum atomic E-state index is -0.294. The molecule has 0 spiro atoms. The number of hydrogen-bond acceptors (Lipinski definition) is 6. The number of amides is 1. The average molecular weight is 379 g/mol. The lowest BCUT2D eigenvalue weighted by Crippen LogP contribution is -2.13. The normalized spacial score (nSPS) is 10.1. The first-order valence-electron chi connectivity index (χ1n) is 8.54. The summed E-state index contributed by atoms with van der Waals surface area (Å²) in [6.07, 6.45) is 1.56. The minimum absolute atomic E-state index is 0.294. The molecule has 3 rings (SSSR count). The topological polar surface area (TPSA) is 81.7 Å². The number of rotatable bonds is 7. The second-order valence-corrected chi connectivity index (χ2v) is 5.78. The van der Waals surface area contributed by atoms with E-state index in [1.807, 2.05) is 24.3 Å². The SMILES string of the molecule is COc1ccc(OC)c(NC(=O)c2ccnc(Nc3ccccc3OC)c2)c1. The predicted molar refractivity (Wildman–Crippen MR) is 108 cm³/mol. The monoisotopic (exact) mass is 379 g/mol. The Balaban J connectivity index is 1.81. The molecule has 0 fully saturated rings. The third kappa shape index (κ3) is 4.32. The van der Waals surface area contributed by atoms with Crippen LogP contribution in [0.3, 0.4) is 0 Å². The van der Waals surface area contributed by atoms with Crippen molar-refractivity contribution < 1.29 is 19.0 Å². The van der Waals surface area contributed by atoms with Gasteiger partial charge in [-0.05, 0) is 36.4 Å². The largest absolute Gasteiger partial charge is 0.497 e. The lowest BCUT2D eigenvalue weighted by molar-refractivity contribution is 0.102. The van der Waals surface area contributed by atoms with E-state index < -0.39 is 0 Å². The van der Waals surface area contributed by atoms with Crippen LogP contribution in [0.5, 0.6) is 17.2 Å². The molecule has 1 aromatic heterocycles. The number of carbonyl (C=O) groups is 1. The van der Waals surface area contributed by atoms with Crippen molar-refractivity contribution in [2.75, 3.05) is 32.0 Å². The third-order valence-electron chi connectivity index (χ3n) is 4.05. The highest BCUT2D eigenvalue weighted by atomic mass is 16.5. The van der Waals surface area contributed by atoms with Gasteiger partial charge >= 0.3 is 0 Å². The zero-order valence-electron chi connectivity index (χ0n) is 15.9. The molecule has 7 heteroatoms. The molecule has 0 radical (unpaired) electrons. The van der Waals surface area contributed by atoms with Crippen molar-refractivity contribution in [3.8, 4) is 17.2 Å². The first-order valence-corrected chi connectivity index (χ1v) is 8.54. The zero-order chi connectivity index (χ0) is 19.9. The van der Waals surface area contributed by atoms with Gasteiger partial charge < -0.3 is 24.8 Å². The van der Waals surface area contributed by atoms with Crippen LogP contribution in [0.25, 0.3) is 0 Å². The van der Waals surface area contributed by atoms with Gasteiger partial charge in [-0.15, -0.1) is 0 Å². The van der Waals surface area contributed by atoms with Crippen molar-refractivity contribution in [3.63, 3.8) is 0 Å². The number of anilines is 3. The van der Waals surface area contributed by atoms with E-state index in [0.29, 0.717) is 34.3 Å². The number of pyridine rings is 1. The van der Waals surface area contributed by atoms with Gasteiger partial charge in [-0.1, -0.05) is 12.1 Å². The number of hydrogen-bond donors (Lipinski definition) is 2. The summed E-state index contributed by atoms with van der Waals surface area (Å²) in [5.74, 6) is 2.06. The Bertz CT molecular complexity index is 975. The lowest BCUT2D eigenvalue weighted by atomic mass is 10.2. The first kappa shape index (κ1) is 19.0. The second kappa shape index (κ2) is 8.77. The zero-order valence-corrected chi connectivity index (χ0v) is 15.9. The molecule has 1 amide bonds. The molecule has 0 atom stereocenters. The summed E-state index contributed by atoms with van der Waals surface area (Å²) >= 11 is 0. The number of methoxy groups -OCH3 is 3. The maximum atomic E-state index is 12.7. The van der Waals surface area contributed by atoms with Crippen LogP contribution in [0, 0.1) is 0 Å². The smallest absolute Gasteiger partial charge is 0.255 e. The van der Waals surface area contributed by atoms with E-state index >= 15 is 0 Å². The van der Waals surface area contributed by atoms with Crippen molar-refractivity contribution in [3.05, 3.63) is 66.4 Å². The van der Waals surface area contributed by atoms with Gasteiger partial charge in [-0.3, -0.25) is 4.79 Å². The molecule has 0 saturated heterocycles. The van der Waals surface area contributed by atoms with Crippen LogP contribution in [-0.4, -0.2) is 32.2 Å². The summed E-state index contributed by atoms with van der Waals surface area (Å²) in [5.41, 5.74) is 1.71. The fourth-order valence-corrected chi connectivity index (χ4v) is 2.63. The maximum Gasteiger partial charge on any atom is 0.255 e. The van der Waals surface area contributed by atoms with Gasteiger partial charge in [-0.25, -0.2) is 4.98 Å². The Kier molecular flexibility index (Phi) is 5.96. The molecule has 28 heavy (non-hydrogen) atoms. The molecule has 0 unspecified atom stereocenters. The summed E-state index contributed by atoms with van der Waals surface area (Å²) in [4.78, 5) is 17.0. The third-order valence-corrected chi connectivity index (χ3v) is 4.05. The van der Waals surface area contributed by atoms with Crippen LogP contribution in [0.15, 0.2) is 60.8 Å². The average Bonchev–Trinajstić information content (AvgIpc) is 2.74. The standard InChI is InChI=1S/C21H21N3O4/c1-26-15-8-9-19(28-3)17(13-15)24-21(25)14-10-11-22-20(12-14)23-16-6-4-5-7-18(16)27-2/h4-13H,1-3H3,(H,22,23)(H,24,25). The van der Waals surface area contributed by atoms with Crippen LogP contribution in [0.1, 0.15) is 10.4 Å². The van der Waals surface area contributed by atoms with E-state index in [2.05, 4.69) is 15.6 Å². The van der Waals surface area contributed by atoms with Gasteiger partial charge in [0.15, 0.2) is 0 Å². The van der Waals surface area contributed by atoms with Gasteiger partial charge in [0.25, 0.3) is 5.91 Å². The molecule has 2 N–H and O–H groups in total. The molecule has 1 heterocycles. The van der Waals surface area contributed by atoms with E-state index in [1.54, 1.807) is 57.9 Å². The first-order chi connectivity index (χ1) is 13.6. The van der Waals surface area contributed by atoms with Crippen molar-refractivity contribution in [1.29, 1.82) is 0 Å². The van der Waals surface area contributed by atoms with Crippen molar-refractivity contribution in [2.45, 2.75) is 0 Å². The fraction of sp³-hybridized carbons (Fsp3) is 0.143. The van der Waals surface area contributed by atoms with Crippen molar-refractivity contribution in [1.82, 2.24) is 4.98 Å². The van der Waals surface area contributed by atoms with E-state index in [4.69, 9.17) is 14.2 Å². The van der Waals surface area contributed by atoms with E-state index in [9.17, 15) is 4.79 Å². The molecule has 2 aromatic carbocycles. The summed E-state index contributed by atoms with van der Waals surface area (Å²) in [7, 11) is 4.70. The Morgan fingerprint density at radius 2 is 1.61 bits per heavy atom. The van der Waals surface area contributed by atoms with Gasteiger partial charge in [0.1, 0.15) is 23.1 Å². The highest BCUT2D eigenvalue weighted by Gasteiger charge is 2.12. The number of nitrogens with zero attached hydrogens (tertiary/aromatic N) is 1. The highest BCUT2D eigenvalue weighted by Crippen LogP contribution is 2.30. The Hall–Kier alpha value is -3.74. The number of aromatic nitrogens is 1. The summed E-state index contributed by atoms with van der Waals surface area (Å²) in [6.45, 7) is 0. The molecule has 3 aromatic rings. The quantitative estimate of drug-likeness (QED) is 0.643. The lowest BCUT2D eigenvalue weighted by Gasteiger charge is -2.13. The number of benzene rings is 2. The molecule has 0 aliphatic heterocycles. The summed E-state index contributed by atoms with van der Waals surface area (Å²) < 4.78 is 15.8. The van der Waals surface area contributed by atoms with Gasteiger partial charge in [0.2, 0.25) is 0 Å². The Morgan fingerprint density at radius 1 is 0.857 bits per heavy atom. The minimum Gasteiger partial charge on any atom is -0.497 e. The predicted octanol–water partition coefficient (Wildman–Crippen LogP) is 4.10. The highest BCUT2D eigenvalue weighted by molar-refractivity contribution is 6.05. The van der Waals surface area contributed by atoms with Crippen molar-refractivity contribution >= 4 is 23.1 Å². The van der Waals surface area contributed by atoms with Crippen LogP contribution in [0.4, 0.5) is 17.2 Å². The van der Waals surface area contributed by atoms with E-state index in [1.165, 1.54) is 0 Å². The number of nitrogens with one attached hydrogen (secondary N) is 2. The van der Waals surface area contributed by atoms with Gasteiger partial charge in [0.05, 0.1) is 32.7 Å². The van der Waals surface area contributed by atoms with Crippen LogP contribution in [0.2, 0.25) is 0 Å². The van der Waals surface area contributed by atoms with Gasteiger partial charge in [0, 0.05) is 17.8 Å². The Morgan fingerprint density at radius 3 is 2.36 bits per heavy atom. The number of ether oxygens (including phenoxy) is 3. The summed E-state index contributed by atoms with van der Waals surface area (Å²) in [5, 5.41) is 6.00. The van der Waals surface area contributed by atoms with Crippen LogP contribution >= 0.6 is 0 Å². The Labute approximate surface area is 163 Å². The van der Waals surface area contributed by atoms with Crippen LogP contribution in [-0.2, 0) is 0 Å². The molecule has 0 aliphatic rings. The molecular weight excluding hydrogens is 358 g/mol. The molecule has 0 saturated carbocycles. The molecule has 144 valence electrons. The summed E-state index contributed by atoms with van der Waals surface area (Å²) in [6, 6.07) is 16.0. The second-order valence-electron chi connectivity index (χ2n) is 5.78. The molecule has 0 bridgehead atoms. The molecule has 7 nitrogen and oxygen atoms in total. The van der Waals surface area contributed by atoms with Crippen molar-refractivity contribution in [2.24, 2.45) is 0 Å². The fourth-order valence-electron chi connectivity index (χ4n) is 2.63. The molecular formula is C21H21N3O4. The van der Waals surface area contributed by atoms with E-state index in [0.717, 1.165) is 5.69 Å². The van der Waals surface area contributed by atoms with E-state index in [-0.39, 0.29) is 5.91 Å². The molecule has 0 aliphatic carbocycles. The van der Waals surface area contributed by atoms with Gasteiger partial charge in [-0.2, -0.15) is 0 Å². The number of para-hydroxylation sites is 2. The van der Waals surface area contributed by atoms with Crippen LogP contribution < -0.4 is 24.8 Å².